The van der Waals surface area contributed by atoms with Crippen molar-refractivity contribution >= 4 is 29.7 Å². The molecule has 3 heteroatoms. The Labute approximate surface area is 210 Å². The van der Waals surface area contributed by atoms with E-state index in [9.17, 15) is 0 Å². The molecule has 1 aliphatic carbocycles. The molecule has 1 aliphatic rings. The lowest BCUT2D eigenvalue weighted by molar-refractivity contribution is 0.746. The highest BCUT2D eigenvalue weighted by molar-refractivity contribution is 5.68. The zero-order chi connectivity index (χ0) is 25.0. The van der Waals surface area contributed by atoms with Crippen LogP contribution in [0, 0.1) is 12.8 Å². The number of nitrogens with zero attached hydrogens (tertiary/aromatic N) is 2. The van der Waals surface area contributed by atoms with Crippen LogP contribution in [0.4, 0.5) is 11.5 Å². The largest absolute Gasteiger partial charge is 0.338 e. The average molecular weight is 464 g/mol. The second kappa shape index (κ2) is 13.2. The second-order valence-electron chi connectivity index (χ2n) is 8.79. The molecular weight excluding hydrogens is 426 g/mol. The summed E-state index contributed by atoms with van der Waals surface area (Å²) in [5, 5.41) is 14.9. The fourth-order valence-corrected chi connectivity index (χ4v) is 3.89. The van der Waals surface area contributed by atoms with Crippen LogP contribution >= 0.6 is 0 Å². The maximum atomic E-state index is 4.56. The maximum Gasteiger partial charge on any atom is 0.160 e. The van der Waals surface area contributed by atoms with Gasteiger partial charge in [-0.25, -0.2) is 0 Å². The summed E-state index contributed by atoms with van der Waals surface area (Å²) in [7, 11) is 0. The van der Waals surface area contributed by atoms with Crippen LogP contribution in [0.1, 0.15) is 51.2 Å². The Hall–Kier alpha value is -3.72. The first-order valence-corrected chi connectivity index (χ1v) is 12.4. The highest BCUT2D eigenvalue weighted by Gasteiger charge is 2.10. The number of aryl methyl sites for hydroxylation is 1. The van der Waals surface area contributed by atoms with Gasteiger partial charge in [0.05, 0.1) is 0 Å². The normalized spacial score (nSPS) is 13.3. The Kier molecular flexibility index (Phi) is 9.80. The molecule has 35 heavy (non-hydrogen) atoms. The minimum atomic E-state index is 0.631. The molecule has 0 aliphatic heterocycles. The highest BCUT2D eigenvalue weighted by atomic mass is 15.2. The minimum absolute atomic E-state index is 0.631. The molecule has 0 saturated heterocycles. The zero-order valence-electron chi connectivity index (χ0n) is 21.5. The number of fused-ring (bicyclic) bond motifs is 1. The fraction of sp³-hybridized carbons (Fsp3) is 0.250. The van der Waals surface area contributed by atoms with Crippen LogP contribution in [-0.4, -0.2) is 10.2 Å². The summed E-state index contributed by atoms with van der Waals surface area (Å²) in [5.41, 5.74) is 5.54. The second-order valence-corrected chi connectivity index (χ2v) is 8.79. The van der Waals surface area contributed by atoms with Crippen molar-refractivity contribution in [3.05, 3.63) is 101 Å². The molecule has 1 unspecified atom stereocenters. The third kappa shape index (κ3) is 7.13. The van der Waals surface area contributed by atoms with E-state index in [1.54, 1.807) is 0 Å². The van der Waals surface area contributed by atoms with Gasteiger partial charge in [-0.3, -0.25) is 0 Å². The van der Waals surface area contributed by atoms with Crippen molar-refractivity contribution in [1.82, 2.24) is 10.2 Å². The van der Waals surface area contributed by atoms with E-state index >= 15 is 0 Å². The van der Waals surface area contributed by atoms with Crippen molar-refractivity contribution in [2.24, 2.45) is 5.92 Å². The summed E-state index contributed by atoms with van der Waals surface area (Å²) < 4.78 is 0. The van der Waals surface area contributed by atoms with Crippen molar-refractivity contribution in [2.75, 3.05) is 5.32 Å². The van der Waals surface area contributed by atoms with Crippen LogP contribution < -0.4 is 15.8 Å². The Balaban J connectivity index is 0.000000371. The summed E-state index contributed by atoms with van der Waals surface area (Å²) in [5.74, 6) is 1.45. The molecule has 1 aromatic heterocycles. The van der Waals surface area contributed by atoms with Crippen LogP contribution in [0.25, 0.3) is 29.5 Å². The highest BCUT2D eigenvalue weighted by Crippen LogP contribution is 2.19. The van der Waals surface area contributed by atoms with E-state index in [2.05, 4.69) is 103 Å². The molecule has 2 aromatic carbocycles. The smallest absolute Gasteiger partial charge is 0.160 e. The van der Waals surface area contributed by atoms with Gasteiger partial charge in [0.2, 0.25) is 0 Å². The number of nitrogens with one attached hydrogen (secondary N) is 1. The standard InChI is InChI=1S/C24H23N3.C8H14/c1-3-9-19-16-20(15-14-17(19)2)25-24-22-13-8-7-12-21(22)23(26-27-24)18-10-5-4-6-11-18;1-4-6-7-8(3)5-2/h3-6,9-16H,7-8H2,1-2H3,(H,25,27);4-6,8H,2,7H2,1,3H3/b9-3-;6-4-. The predicted octanol–water partition coefficient (Wildman–Crippen LogP) is 7.36. The molecule has 0 radical (unpaired) electrons. The minimum Gasteiger partial charge on any atom is -0.338 e. The van der Waals surface area contributed by atoms with Gasteiger partial charge in [-0.2, -0.15) is 0 Å². The van der Waals surface area contributed by atoms with E-state index in [0.717, 1.165) is 47.2 Å². The molecule has 3 aromatic rings. The Morgan fingerprint density at radius 2 is 1.71 bits per heavy atom. The van der Waals surface area contributed by atoms with Gasteiger partial charge in [0.25, 0.3) is 0 Å². The van der Waals surface area contributed by atoms with E-state index in [0.29, 0.717) is 5.92 Å². The van der Waals surface area contributed by atoms with Crippen molar-refractivity contribution in [3.8, 4) is 11.3 Å². The van der Waals surface area contributed by atoms with E-state index in [4.69, 9.17) is 0 Å². The Morgan fingerprint density at radius 1 is 0.971 bits per heavy atom. The fourth-order valence-electron chi connectivity index (χ4n) is 3.89. The molecule has 180 valence electrons. The van der Waals surface area contributed by atoms with Crippen LogP contribution in [0.5, 0.6) is 0 Å². The topological polar surface area (TPSA) is 37.8 Å². The lowest BCUT2D eigenvalue weighted by Gasteiger charge is -2.12. The molecule has 0 bridgehead atoms. The number of rotatable bonds is 7. The van der Waals surface area contributed by atoms with Crippen molar-refractivity contribution in [2.45, 2.75) is 47.0 Å². The first-order valence-electron chi connectivity index (χ1n) is 12.4. The van der Waals surface area contributed by atoms with Crippen LogP contribution in [0.2, 0.25) is 0 Å². The van der Waals surface area contributed by atoms with Gasteiger partial charge in [0.15, 0.2) is 5.82 Å². The maximum absolute atomic E-state index is 4.56. The number of benzene rings is 2. The van der Waals surface area contributed by atoms with Gasteiger partial charge in [-0.1, -0.05) is 85.9 Å². The molecule has 0 amide bonds. The molecule has 4 rings (SSSR count). The van der Waals surface area contributed by atoms with E-state index < -0.39 is 0 Å². The molecule has 0 fully saturated rings. The monoisotopic (exact) mass is 463 g/mol. The summed E-state index contributed by atoms with van der Waals surface area (Å²) in [6, 6.07) is 16.6. The molecule has 3 nitrogen and oxygen atoms in total. The van der Waals surface area contributed by atoms with E-state index in [-0.39, 0.29) is 0 Å². The van der Waals surface area contributed by atoms with Gasteiger partial charge in [-0.05, 0) is 69.2 Å². The predicted molar refractivity (Wildman–Crippen MR) is 153 cm³/mol. The number of allylic oxidation sites excluding steroid dienone is 4. The summed E-state index contributed by atoms with van der Waals surface area (Å²) in [6.07, 6.45) is 18.1. The summed E-state index contributed by atoms with van der Waals surface area (Å²) >= 11 is 0. The van der Waals surface area contributed by atoms with Gasteiger partial charge >= 0.3 is 0 Å². The van der Waals surface area contributed by atoms with Crippen molar-refractivity contribution in [3.63, 3.8) is 0 Å². The SMILES string of the molecule is C/C=C\c1cc(Nc2nnc(-c3ccccc3)c3c2=CCCC=3)ccc1C.C=CC(C)C/C=C\C. The number of hydrogen-bond acceptors (Lipinski definition) is 3. The average Bonchev–Trinajstić information content (AvgIpc) is 2.90. The van der Waals surface area contributed by atoms with Gasteiger partial charge in [0, 0.05) is 21.7 Å². The summed E-state index contributed by atoms with van der Waals surface area (Å²) in [6.45, 7) is 12.0. The number of hydrogen-bond donors (Lipinski definition) is 1. The number of aromatic nitrogens is 2. The zero-order valence-corrected chi connectivity index (χ0v) is 21.5. The third-order valence-electron chi connectivity index (χ3n) is 6.00. The molecular formula is C32H37N3. The first-order chi connectivity index (χ1) is 17.1. The number of anilines is 2. The summed E-state index contributed by atoms with van der Waals surface area (Å²) in [4.78, 5) is 0. The lowest BCUT2D eigenvalue weighted by Crippen LogP contribution is -2.33. The van der Waals surface area contributed by atoms with Crippen molar-refractivity contribution in [1.29, 1.82) is 0 Å². The molecule has 1 N–H and O–H groups in total. The van der Waals surface area contributed by atoms with Crippen LogP contribution in [0.3, 0.4) is 0 Å². The van der Waals surface area contributed by atoms with E-state index in [1.807, 2.05) is 38.1 Å². The molecule has 1 atom stereocenters. The van der Waals surface area contributed by atoms with Crippen LogP contribution in [0.15, 0.2) is 79.4 Å². The first kappa shape index (κ1) is 25.9. The molecule has 0 spiro atoms. The van der Waals surface area contributed by atoms with Crippen molar-refractivity contribution < 1.29 is 0 Å². The third-order valence-corrected chi connectivity index (χ3v) is 6.00. The van der Waals surface area contributed by atoms with E-state index in [1.165, 1.54) is 16.3 Å². The van der Waals surface area contributed by atoms with Gasteiger partial charge in [0.1, 0.15) is 5.69 Å². The van der Waals surface area contributed by atoms with Gasteiger partial charge in [-0.15, -0.1) is 16.8 Å². The Bertz CT molecular complexity index is 1300. The Morgan fingerprint density at radius 3 is 2.40 bits per heavy atom. The van der Waals surface area contributed by atoms with Gasteiger partial charge < -0.3 is 5.32 Å². The quantitative estimate of drug-likeness (QED) is 0.372. The molecule has 1 heterocycles. The van der Waals surface area contributed by atoms with Crippen LogP contribution in [-0.2, 0) is 0 Å². The molecule has 0 saturated carbocycles. The lowest BCUT2D eigenvalue weighted by atomic mass is 10.0.